The molecule has 0 atom stereocenters. The fourth-order valence-corrected chi connectivity index (χ4v) is 1.74. The molecule has 0 saturated heterocycles. The van der Waals surface area contributed by atoms with Gasteiger partial charge in [0.05, 0.1) is 7.11 Å². The van der Waals surface area contributed by atoms with Crippen LogP contribution in [0.5, 0.6) is 5.75 Å². The first kappa shape index (κ1) is 10.3. The summed E-state index contributed by atoms with van der Waals surface area (Å²) in [7, 11) is 1.72. The van der Waals surface area contributed by atoms with E-state index in [-0.39, 0.29) is 0 Å². The highest BCUT2D eigenvalue weighted by atomic mass is 16.5. The molecule has 1 aromatic carbocycles. The Morgan fingerprint density at radius 3 is 2.67 bits per heavy atom. The van der Waals surface area contributed by atoms with E-state index in [1.165, 1.54) is 29.9 Å². The molecule has 1 radical (unpaired) electrons. The lowest BCUT2D eigenvalue weighted by Crippen LogP contribution is -1.94. The van der Waals surface area contributed by atoms with Gasteiger partial charge in [-0.05, 0) is 42.0 Å². The maximum Gasteiger partial charge on any atom is 0.119 e. The van der Waals surface area contributed by atoms with E-state index in [0.29, 0.717) is 0 Å². The Balaban J connectivity index is 2.36. The molecular weight excluding hydrogens is 184 g/mol. The Kier molecular flexibility index (Phi) is 2.81. The molecule has 0 unspecified atom stereocenters. The van der Waals surface area contributed by atoms with Gasteiger partial charge in [0.25, 0.3) is 0 Å². The molecule has 1 fully saturated rings. The van der Waals surface area contributed by atoms with E-state index >= 15 is 0 Å². The summed E-state index contributed by atoms with van der Waals surface area (Å²) in [4.78, 5) is 0. The van der Waals surface area contributed by atoms with Crippen LogP contribution in [0.4, 0.5) is 0 Å². The number of methoxy groups -OCH3 is 1. The van der Waals surface area contributed by atoms with Gasteiger partial charge in [-0.1, -0.05) is 19.1 Å². The minimum atomic E-state index is 0.761. The topological polar surface area (TPSA) is 9.23 Å². The van der Waals surface area contributed by atoms with Crippen molar-refractivity contribution in [1.82, 2.24) is 0 Å². The lowest BCUT2D eigenvalue weighted by molar-refractivity contribution is 0.414. The van der Waals surface area contributed by atoms with Crippen molar-refractivity contribution in [2.45, 2.75) is 25.7 Å². The van der Waals surface area contributed by atoms with Crippen molar-refractivity contribution < 1.29 is 4.74 Å². The second-order valence-corrected chi connectivity index (χ2v) is 4.16. The molecule has 15 heavy (non-hydrogen) atoms. The van der Waals surface area contributed by atoms with E-state index in [4.69, 9.17) is 4.74 Å². The highest BCUT2D eigenvalue weighted by Gasteiger charge is 2.24. The van der Waals surface area contributed by atoms with Crippen LogP contribution in [0.2, 0.25) is 0 Å². The van der Waals surface area contributed by atoms with Crippen molar-refractivity contribution in [3.8, 4) is 5.75 Å². The average molecular weight is 201 g/mol. The summed E-state index contributed by atoms with van der Waals surface area (Å²) in [6.45, 7) is 5.89. The molecule has 0 heterocycles. The molecule has 1 nitrogen and oxygen atoms in total. The van der Waals surface area contributed by atoms with Gasteiger partial charge in [0.1, 0.15) is 5.75 Å². The molecule has 1 saturated carbocycles. The lowest BCUT2D eigenvalue weighted by Gasteiger charge is -2.11. The van der Waals surface area contributed by atoms with Crippen LogP contribution in [0.25, 0.3) is 0 Å². The second-order valence-electron chi connectivity index (χ2n) is 4.16. The van der Waals surface area contributed by atoms with E-state index in [1.807, 2.05) is 6.08 Å². The first-order valence-electron chi connectivity index (χ1n) is 5.40. The van der Waals surface area contributed by atoms with Crippen LogP contribution in [0.15, 0.2) is 30.9 Å². The fourth-order valence-electron chi connectivity index (χ4n) is 1.74. The van der Waals surface area contributed by atoms with Gasteiger partial charge in [0, 0.05) is 5.92 Å². The second kappa shape index (κ2) is 4.09. The first-order valence-corrected chi connectivity index (χ1v) is 5.40. The van der Waals surface area contributed by atoms with E-state index < -0.39 is 0 Å². The molecule has 0 aliphatic heterocycles. The third-order valence-electron chi connectivity index (χ3n) is 2.97. The van der Waals surface area contributed by atoms with Crippen LogP contribution in [0.1, 0.15) is 36.8 Å². The first-order chi connectivity index (χ1) is 7.24. The summed E-state index contributed by atoms with van der Waals surface area (Å²) in [6, 6.07) is 6.48. The summed E-state index contributed by atoms with van der Waals surface area (Å²) in [5.41, 5.74) is 2.64. The minimum absolute atomic E-state index is 0.761. The molecule has 0 aromatic heterocycles. The van der Waals surface area contributed by atoms with E-state index in [2.05, 4.69) is 31.7 Å². The summed E-state index contributed by atoms with van der Waals surface area (Å²) >= 11 is 0. The monoisotopic (exact) mass is 201 g/mol. The van der Waals surface area contributed by atoms with E-state index in [1.54, 1.807) is 7.11 Å². The summed E-state index contributed by atoms with van der Waals surface area (Å²) in [6.07, 6.45) is 4.53. The Bertz CT molecular complexity index is 364. The molecule has 1 aliphatic rings. The van der Waals surface area contributed by atoms with Gasteiger partial charge in [-0.25, -0.2) is 0 Å². The number of allylic oxidation sites excluding steroid dienone is 1. The zero-order valence-corrected chi connectivity index (χ0v) is 9.42. The van der Waals surface area contributed by atoms with E-state index in [9.17, 15) is 0 Å². The van der Waals surface area contributed by atoms with Crippen molar-refractivity contribution in [3.05, 3.63) is 47.9 Å². The quantitative estimate of drug-likeness (QED) is 0.721. The van der Waals surface area contributed by atoms with Crippen molar-refractivity contribution in [2.75, 3.05) is 7.11 Å². The van der Waals surface area contributed by atoms with Crippen molar-refractivity contribution in [3.63, 3.8) is 0 Å². The number of benzene rings is 1. The molecule has 0 amide bonds. The highest BCUT2D eigenvalue weighted by Crippen LogP contribution is 2.42. The number of ether oxygens (including phenoxy) is 1. The van der Waals surface area contributed by atoms with Crippen LogP contribution in [0, 0.1) is 5.92 Å². The van der Waals surface area contributed by atoms with Crippen molar-refractivity contribution in [2.24, 2.45) is 0 Å². The Morgan fingerprint density at radius 1 is 1.40 bits per heavy atom. The molecule has 1 aromatic rings. The maximum atomic E-state index is 5.32. The van der Waals surface area contributed by atoms with E-state index in [0.717, 1.165) is 11.7 Å². The van der Waals surface area contributed by atoms with Gasteiger partial charge in [-0.2, -0.15) is 0 Å². The normalized spacial score (nSPS) is 15.4. The number of hydrogen-bond acceptors (Lipinski definition) is 1. The number of hydrogen-bond donors (Lipinski definition) is 0. The molecule has 0 N–H and O–H groups in total. The SMILES string of the molecule is C=C[C](C)c1cc(OC)cc(C2CC2)c1. The molecule has 0 spiro atoms. The molecule has 1 heteroatoms. The standard InChI is InChI=1S/C14H17O/c1-4-10(2)12-7-13(11-5-6-11)9-14(8-12)15-3/h4,7-9,11H,1,5-6H2,2-3H3. The van der Waals surface area contributed by atoms with Gasteiger partial charge < -0.3 is 4.74 Å². The largest absolute Gasteiger partial charge is 0.497 e. The summed E-state index contributed by atoms with van der Waals surface area (Å²) in [5.74, 6) is 2.92. The van der Waals surface area contributed by atoms with Crippen LogP contribution in [-0.2, 0) is 0 Å². The molecule has 79 valence electrons. The van der Waals surface area contributed by atoms with Crippen molar-refractivity contribution >= 4 is 0 Å². The third kappa shape index (κ3) is 2.23. The predicted octanol–water partition coefficient (Wildman–Crippen LogP) is 3.70. The highest BCUT2D eigenvalue weighted by molar-refractivity contribution is 5.45. The van der Waals surface area contributed by atoms with Gasteiger partial charge in [-0.15, -0.1) is 6.58 Å². The smallest absolute Gasteiger partial charge is 0.119 e. The Hall–Kier alpha value is -1.24. The fraction of sp³-hybridized carbons (Fsp3) is 0.357. The molecular formula is C14H17O. The maximum absolute atomic E-state index is 5.32. The predicted molar refractivity (Wildman–Crippen MR) is 63.2 cm³/mol. The zero-order chi connectivity index (χ0) is 10.8. The minimum Gasteiger partial charge on any atom is -0.497 e. The average Bonchev–Trinajstić information content (AvgIpc) is 3.11. The van der Waals surface area contributed by atoms with Crippen LogP contribution >= 0.6 is 0 Å². The molecule has 0 bridgehead atoms. The van der Waals surface area contributed by atoms with Gasteiger partial charge in [0.2, 0.25) is 0 Å². The number of rotatable bonds is 4. The zero-order valence-electron chi connectivity index (χ0n) is 9.42. The Morgan fingerprint density at radius 2 is 2.13 bits per heavy atom. The van der Waals surface area contributed by atoms with Crippen LogP contribution < -0.4 is 4.74 Å². The molecule has 1 aliphatic carbocycles. The summed E-state index contributed by atoms with van der Waals surface area (Å²) in [5, 5.41) is 0. The van der Waals surface area contributed by atoms with Crippen LogP contribution in [0.3, 0.4) is 0 Å². The summed E-state index contributed by atoms with van der Waals surface area (Å²) < 4.78 is 5.32. The molecule has 2 rings (SSSR count). The van der Waals surface area contributed by atoms with Gasteiger partial charge in [0.15, 0.2) is 0 Å². The van der Waals surface area contributed by atoms with Gasteiger partial charge >= 0.3 is 0 Å². The van der Waals surface area contributed by atoms with Crippen LogP contribution in [-0.4, -0.2) is 7.11 Å². The third-order valence-corrected chi connectivity index (χ3v) is 2.97. The van der Waals surface area contributed by atoms with Crippen molar-refractivity contribution in [1.29, 1.82) is 0 Å². The van der Waals surface area contributed by atoms with Gasteiger partial charge in [-0.3, -0.25) is 0 Å². The lowest BCUT2D eigenvalue weighted by atomic mass is 9.97. The Labute approximate surface area is 91.8 Å².